The monoisotopic (exact) mass is 517 g/mol. The molecule has 2 aliphatic heterocycles. The SMILES string of the molecule is Cc1cc(=O)n(CCN2CCC(N(Cc3ccc4c(c3)OCCO4)C(=O)O)CC2)c2cc(C3CC3)ccc12. The second-order valence-corrected chi connectivity index (χ2v) is 10.8. The van der Waals surface area contributed by atoms with Crippen LogP contribution in [0.2, 0.25) is 0 Å². The van der Waals surface area contributed by atoms with Crippen LogP contribution in [0.3, 0.4) is 0 Å². The number of hydrogen-bond donors (Lipinski definition) is 1. The van der Waals surface area contributed by atoms with Crippen LogP contribution >= 0.6 is 0 Å². The van der Waals surface area contributed by atoms with Crippen molar-refractivity contribution in [3.8, 4) is 11.5 Å². The zero-order valence-corrected chi connectivity index (χ0v) is 21.9. The number of ether oxygens (including phenoxy) is 2. The maximum atomic E-state index is 13.0. The van der Waals surface area contributed by atoms with Crippen LogP contribution < -0.4 is 15.0 Å². The molecule has 6 rings (SSSR count). The average Bonchev–Trinajstić information content (AvgIpc) is 3.77. The number of fused-ring (bicyclic) bond motifs is 2. The summed E-state index contributed by atoms with van der Waals surface area (Å²) in [5, 5.41) is 11.1. The molecule has 3 aliphatic rings. The fourth-order valence-corrected chi connectivity index (χ4v) is 5.90. The van der Waals surface area contributed by atoms with Crippen molar-refractivity contribution in [1.29, 1.82) is 0 Å². The maximum Gasteiger partial charge on any atom is 0.407 e. The number of benzene rings is 2. The van der Waals surface area contributed by atoms with Crippen LogP contribution in [-0.2, 0) is 13.1 Å². The third-order valence-electron chi connectivity index (χ3n) is 8.24. The highest BCUT2D eigenvalue weighted by molar-refractivity contribution is 5.83. The minimum atomic E-state index is -0.900. The van der Waals surface area contributed by atoms with Gasteiger partial charge in [0.2, 0.25) is 0 Å². The normalized spacial score (nSPS) is 18.0. The Morgan fingerprint density at radius 3 is 2.47 bits per heavy atom. The lowest BCUT2D eigenvalue weighted by Crippen LogP contribution is -2.47. The minimum absolute atomic E-state index is 0.0408. The Hall–Kier alpha value is -3.52. The first-order valence-corrected chi connectivity index (χ1v) is 13.7. The molecule has 1 amide bonds. The number of pyridine rings is 1. The molecule has 8 heteroatoms. The molecule has 2 aromatic carbocycles. The van der Waals surface area contributed by atoms with Gasteiger partial charge in [-0.25, -0.2) is 4.79 Å². The van der Waals surface area contributed by atoms with Crippen LogP contribution in [0.25, 0.3) is 10.9 Å². The zero-order chi connectivity index (χ0) is 26.2. The van der Waals surface area contributed by atoms with Gasteiger partial charge in [-0.1, -0.05) is 18.2 Å². The smallest absolute Gasteiger partial charge is 0.407 e. The van der Waals surface area contributed by atoms with Gasteiger partial charge in [-0.2, -0.15) is 0 Å². The Kier molecular flexibility index (Phi) is 6.74. The average molecular weight is 518 g/mol. The van der Waals surface area contributed by atoms with E-state index in [0.717, 1.165) is 54.5 Å². The van der Waals surface area contributed by atoms with Crippen LogP contribution in [0.15, 0.2) is 47.3 Å². The van der Waals surface area contributed by atoms with Gasteiger partial charge in [0.1, 0.15) is 13.2 Å². The summed E-state index contributed by atoms with van der Waals surface area (Å²) in [4.78, 5) is 29.0. The number of hydrogen-bond acceptors (Lipinski definition) is 5. The summed E-state index contributed by atoms with van der Waals surface area (Å²) < 4.78 is 13.2. The quantitative estimate of drug-likeness (QED) is 0.493. The second-order valence-electron chi connectivity index (χ2n) is 10.8. The number of carboxylic acid groups (broad SMARTS) is 1. The predicted octanol–water partition coefficient (Wildman–Crippen LogP) is 4.60. The van der Waals surface area contributed by atoms with Crippen LogP contribution in [0.5, 0.6) is 11.5 Å². The molecule has 1 saturated heterocycles. The Morgan fingerprint density at radius 2 is 1.74 bits per heavy atom. The second kappa shape index (κ2) is 10.3. The molecule has 0 spiro atoms. The Morgan fingerprint density at radius 1 is 0.974 bits per heavy atom. The van der Waals surface area contributed by atoms with Crippen molar-refractivity contribution in [2.75, 3.05) is 32.8 Å². The molecule has 0 radical (unpaired) electrons. The number of nitrogens with zero attached hydrogens (tertiary/aromatic N) is 3. The van der Waals surface area contributed by atoms with Gasteiger partial charge in [0.15, 0.2) is 11.5 Å². The Bertz CT molecular complexity index is 1400. The predicted molar refractivity (Wildman–Crippen MR) is 145 cm³/mol. The van der Waals surface area contributed by atoms with E-state index in [1.807, 2.05) is 29.7 Å². The number of aryl methyl sites for hydroxylation is 1. The lowest BCUT2D eigenvalue weighted by molar-refractivity contribution is 0.0856. The van der Waals surface area contributed by atoms with Gasteiger partial charge in [-0.3, -0.25) is 4.79 Å². The van der Waals surface area contributed by atoms with Crippen molar-refractivity contribution in [3.05, 3.63) is 69.5 Å². The fourth-order valence-electron chi connectivity index (χ4n) is 5.90. The van der Waals surface area contributed by atoms with Crippen molar-refractivity contribution in [3.63, 3.8) is 0 Å². The molecule has 0 atom stereocenters. The van der Waals surface area contributed by atoms with E-state index in [-0.39, 0.29) is 11.6 Å². The molecule has 1 aromatic heterocycles. The highest BCUT2D eigenvalue weighted by atomic mass is 16.6. The molecule has 0 bridgehead atoms. The zero-order valence-electron chi connectivity index (χ0n) is 21.9. The minimum Gasteiger partial charge on any atom is -0.486 e. The maximum absolute atomic E-state index is 13.0. The largest absolute Gasteiger partial charge is 0.486 e. The van der Waals surface area contributed by atoms with Crippen LogP contribution in [0, 0.1) is 6.92 Å². The van der Waals surface area contributed by atoms with E-state index in [0.29, 0.717) is 43.7 Å². The molecular formula is C30H35N3O5. The molecule has 1 saturated carbocycles. The molecule has 1 N–H and O–H groups in total. The van der Waals surface area contributed by atoms with Gasteiger partial charge in [-0.05, 0) is 73.4 Å². The van der Waals surface area contributed by atoms with E-state index >= 15 is 0 Å². The van der Waals surface area contributed by atoms with E-state index in [1.54, 1.807) is 11.0 Å². The first-order valence-electron chi connectivity index (χ1n) is 13.7. The highest BCUT2D eigenvalue weighted by Crippen LogP contribution is 2.41. The summed E-state index contributed by atoms with van der Waals surface area (Å²) in [6, 6.07) is 14.0. The number of carbonyl (C=O) groups is 1. The van der Waals surface area contributed by atoms with Crippen LogP contribution in [-0.4, -0.2) is 64.5 Å². The number of likely N-dealkylation sites (tertiary alicyclic amines) is 1. The topological polar surface area (TPSA) is 84.2 Å². The van der Waals surface area contributed by atoms with Crippen molar-refractivity contribution in [2.24, 2.45) is 0 Å². The summed E-state index contributed by atoms with van der Waals surface area (Å²) in [6.45, 7) is 6.39. The molecule has 0 unspecified atom stereocenters. The summed E-state index contributed by atoms with van der Waals surface area (Å²) in [7, 11) is 0. The third kappa shape index (κ3) is 5.10. The van der Waals surface area contributed by atoms with Gasteiger partial charge in [-0.15, -0.1) is 0 Å². The lowest BCUT2D eigenvalue weighted by atomic mass is 10.0. The number of amides is 1. The van der Waals surface area contributed by atoms with Crippen molar-refractivity contribution in [1.82, 2.24) is 14.4 Å². The number of piperidine rings is 1. The Labute approximate surface area is 222 Å². The molecule has 3 aromatic rings. The number of aromatic nitrogens is 1. The molecule has 8 nitrogen and oxygen atoms in total. The van der Waals surface area contributed by atoms with Crippen LogP contribution in [0.1, 0.15) is 48.3 Å². The summed E-state index contributed by atoms with van der Waals surface area (Å²) in [5.41, 5.74) is 4.34. The highest BCUT2D eigenvalue weighted by Gasteiger charge is 2.29. The molecule has 3 heterocycles. The molecular weight excluding hydrogens is 482 g/mol. The first-order chi connectivity index (χ1) is 18.5. The molecule has 200 valence electrons. The third-order valence-corrected chi connectivity index (χ3v) is 8.24. The fraction of sp³-hybridized carbons (Fsp3) is 0.467. The number of rotatable bonds is 7. The van der Waals surface area contributed by atoms with Gasteiger partial charge in [0.05, 0.1) is 5.52 Å². The van der Waals surface area contributed by atoms with Gasteiger partial charge < -0.3 is 28.9 Å². The van der Waals surface area contributed by atoms with Crippen molar-refractivity contribution >= 4 is 17.0 Å². The van der Waals surface area contributed by atoms with E-state index < -0.39 is 6.09 Å². The Balaban J connectivity index is 1.10. The van der Waals surface area contributed by atoms with Gasteiger partial charge in [0.25, 0.3) is 5.56 Å². The van der Waals surface area contributed by atoms with Gasteiger partial charge >= 0.3 is 6.09 Å². The van der Waals surface area contributed by atoms with E-state index in [2.05, 4.69) is 23.1 Å². The molecule has 38 heavy (non-hydrogen) atoms. The standard InChI is InChI=1S/C30H35N3O5/c1-20-16-29(34)32(26-18-23(22-3-4-22)5-6-25(20)26)13-12-31-10-8-24(9-11-31)33(30(35)36)19-21-2-7-27-28(17-21)38-15-14-37-27/h2,5-7,16-18,22,24H,3-4,8-15,19H2,1H3,(H,35,36). The first kappa shape index (κ1) is 24.8. The summed E-state index contributed by atoms with van der Waals surface area (Å²) in [6.07, 6.45) is 3.11. The lowest BCUT2D eigenvalue weighted by Gasteiger charge is -2.37. The molecule has 1 aliphatic carbocycles. The van der Waals surface area contributed by atoms with Crippen molar-refractivity contribution < 1.29 is 19.4 Å². The molecule has 2 fully saturated rings. The van der Waals surface area contributed by atoms with E-state index in [9.17, 15) is 14.7 Å². The van der Waals surface area contributed by atoms with E-state index in [1.165, 1.54) is 18.4 Å². The summed E-state index contributed by atoms with van der Waals surface area (Å²) >= 11 is 0. The van der Waals surface area contributed by atoms with E-state index in [4.69, 9.17) is 9.47 Å². The summed E-state index contributed by atoms with van der Waals surface area (Å²) in [5.74, 6) is 2.03. The van der Waals surface area contributed by atoms with Gasteiger partial charge in [0, 0.05) is 50.2 Å². The van der Waals surface area contributed by atoms with Crippen LogP contribution in [0.4, 0.5) is 4.79 Å². The van der Waals surface area contributed by atoms with Crippen molar-refractivity contribution in [2.45, 2.75) is 57.7 Å².